The molecule has 10 heteroatoms. The fourth-order valence-electron chi connectivity index (χ4n) is 4.34. The van der Waals surface area contributed by atoms with Crippen molar-refractivity contribution >= 4 is 38.2 Å². The molecule has 8 nitrogen and oxygen atoms in total. The molecule has 0 bridgehead atoms. The summed E-state index contributed by atoms with van der Waals surface area (Å²) in [6.07, 6.45) is 2.46. The van der Waals surface area contributed by atoms with Crippen LogP contribution in [0.15, 0.2) is 29.2 Å². The molecule has 0 radical (unpaired) electrons. The zero-order chi connectivity index (χ0) is 26.5. The Morgan fingerprint density at radius 1 is 1.08 bits per heavy atom. The van der Waals surface area contributed by atoms with Gasteiger partial charge in [0.2, 0.25) is 10.0 Å². The van der Waals surface area contributed by atoms with E-state index < -0.39 is 10.0 Å². The van der Waals surface area contributed by atoms with Gasteiger partial charge in [-0.1, -0.05) is 20.3 Å². The summed E-state index contributed by atoms with van der Waals surface area (Å²) in [5.74, 6) is -0.424. The van der Waals surface area contributed by atoms with Crippen molar-refractivity contribution in [3.05, 3.63) is 45.8 Å². The number of carbonyl (C=O) groups is 2. The number of rotatable bonds is 11. The number of hydrogen-bond donors (Lipinski definition) is 1. The monoisotopic (exact) mass is 534 g/mol. The SMILES string of the molecule is CCCCN(C)S(=O)(=O)c1ccc(C(=O)Nc2sc3c(c2C(=O)N(CC)CC)CCN(CC)C3)cc1. The van der Waals surface area contributed by atoms with E-state index >= 15 is 0 Å². The number of carbonyl (C=O) groups excluding carboxylic acids is 2. The third-order valence-electron chi connectivity index (χ3n) is 6.73. The number of sulfonamides is 1. The van der Waals surface area contributed by atoms with Crippen LogP contribution in [0.4, 0.5) is 5.00 Å². The van der Waals surface area contributed by atoms with Crippen molar-refractivity contribution in [2.24, 2.45) is 0 Å². The van der Waals surface area contributed by atoms with Crippen LogP contribution in [0.25, 0.3) is 0 Å². The summed E-state index contributed by atoms with van der Waals surface area (Å²) in [5.41, 5.74) is 1.97. The number of likely N-dealkylation sites (N-methyl/N-ethyl adjacent to an activating group) is 1. The Bertz CT molecular complexity index is 1170. The molecule has 2 amide bonds. The van der Waals surface area contributed by atoms with E-state index in [1.165, 1.54) is 39.9 Å². The van der Waals surface area contributed by atoms with Gasteiger partial charge in [-0.15, -0.1) is 11.3 Å². The Balaban J connectivity index is 1.87. The molecule has 0 atom stereocenters. The van der Waals surface area contributed by atoms with Crippen molar-refractivity contribution in [1.29, 1.82) is 0 Å². The van der Waals surface area contributed by atoms with Crippen LogP contribution in [0, 0.1) is 0 Å². The quantitative estimate of drug-likeness (QED) is 0.465. The number of nitrogens with one attached hydrogen (secondary N) is 1. The highest BCUT2D eigenvalue weighted by Gasteiger charge is 2.30. The van der Waals surface area contributed by atoms with E-state index in [2.05, 4.69) is 17.1 Å². The average Bonchev–Trinajstić information content (AvgIpc) is 3.24. The summed E-state index contributed by atoms with van der Waals surface area (Å²) in [5, 5.41) is 3.53. The normalized spacial score (nSPS) is 14.1. The summed E-state index contributed by atoms with van der Waals surface area (Å²) in [6, 6.07) is 5.97. The van der Waals surface area contributed by atoms with Crippen LogP contribution in [0.5, 0.6) is 0 Å². The molecule has 198 valence electrons. The van der Waals surface area contributed by atoms with Crippen LogP contribution in [0.2, 0.25) is 0 Å². The van der Waals surface area contributed by atoms with Gasteiger partial charge in [0.25, 0.3) is 11.8 Å². The number of thiophene rings is 1. The zero-order valence-electron chi connectivity index (χ0n) is 22.0. The molecule has 1 N–H and O–H groups in total. The van der Waals surface area contributed by atoms with Gasteiger partial charge in [-0.25, -0.2) is 12.7 Å². The summed E-state index contributed by atoms with van der Waals surface area (Å²) in [4.78, 5) is 32.0. The molecule has 0 aliphatic carbocycles. The Labute approximate surface area is 219 Å². The minimum atomic E-state index is -3.61. The van der Waals surface area contributed by atoms with E-state index in [9.17, 15) is 18.0 Å². The molecular weight excluding hydrogens is 496 g/mol. The van der Waals surface area contributed by atoms with Crippen molar-refractivity contribution in [2.45, 2.75) is 58.4 Å². The number of unbranched alkanes of at least 4 members (excludes halogenated alkanes) is 1. The highest BCUT2D eigenvalue weighted by atomic mass is 32.2. The highest BCUT2D eigenvalue weighted by Crippen LogP contribution is 2.38. The van der Waals surface area contributed by atoms with Gasteiger partial charge in [0.15, 0.2) is 0 Å². The van der Waals surface area contributed by atoms with Gasteiger partial charge in [-0.2, -0.15) is 0 Å². The van der Waals surface area contributed by atoms with Crippen LogP contribution < -0.4 is 5.32 Å². The predicted octanol–water partition coefficient (Wildman–Crippen LogP) is 4.28. The highest BCUT2D eigenvalue weighted by molar-refractivity contribution is 7.89. The molecule has 3 rings (SSSR count). The molecule has 0 unspecified atom stereocenters. The number of fused-ring (bicyclic) bond motifs is 1. The first kappa shape index (κ1) is 28.3. The lowest BCUT2D eigenvalue weighted by molar-refractivity contribution is 0.0772. The van der Waals surface area contributed by atoms with E-state index in [0.29, 0.717) is 35.8 Å². The van der Waals surface area contributed by atoms with Gasteiger partial charge in [0.05, 0.1) is 10.5 Å². The van der Waals surface area contributed by atoms with Gasteiger partial charge < -0.3 is 10.2 Å². The number of benzene rings is 1. The summed E-state index contributed by atoms with van der Waals surface area (Å²) >= 11 is 1.47. The van der Waals surface area contributed by atoms with E-state index in [0.717, 1.165) is 49.3 Å². The molecular formula is C26H38N4O4S2. The largest absolute Gasteiger partial charge is 0.339 e. The van der Waals surface area contributed by atoms with Crippen LogP contribution in [0.3, 0.4) is 0 Å². The van der Waals surface area contributed by atoms with Crippen LogP contribution in [-0.2, 0) is 23.0 Å². The Morgan fingerprint density at radius 2 is 1.75 bits per heavy atom. The first-order chi connectivity index (χ1) is 17.2. The van der Waals surface area contributed by atoms with Gasteiger partial charge >= 0.3 is 0 Å². The molecule has 1 aromatic heterocycles. The fraction of sp³-hybridized carbons (Fsp3) is 0.538. The number of amides is 2. The van der Waals surface area contributed by atoms with E-state index in [1.807, 2.05) is 20.8 Å². The number of hydrogen-bond acceptors (Lipinski definition) is 6. The smallest absolute Gasteiger partial charge is 0.257 e. The predicted molar refractivity (Wildman–Crippen MR) is 145 cm³/mol. The molecule has 2 heterocycles. The molecule has 1 aromatic carbocycles. The molecule has 36 heavy (non-hydrogen) atoms. The fourth-order valence-corrected chi connectivity index (χ4v) is 6.83. The second kappa shape index (κ2) is 12.3. The van der Waals surface area contributed by atoms with Crippen molar-refractivity contribution in [3.63, 3.8) is 0 Å². The minimum Gasteiger partial charge on any atom is -0.339 e. The zero-order valence-corrected chi connectivity index (χ0v) is 23.6. The maximum absolute atomic E-state index is 13.4. The van der Waals surface area contributed by atoms with Gasteiger partial charge in [0.1, 0.15) is 5.00 Å². The Hall–Kier alpha value is -2.27. The van der Waals surface area contributed by atoms with Crippen LogP contribution in [0.1, 0.15) is 71.7 Å². The molecule has 0 saturated heterocycles. The van der Waals surface area contributed by atoms with Gasteiger partial charge in [-0.3, -0.25) is 14.5 Å². The maximum Gasteiger partial charge on any atom is 0.257 e. The second-order valence-electron chi connectivity index (χ2n) is 8.96. The maximum atomic E-state index is 13.4. The Morgan fingerprint density at radius 3 is 2.33 bits per heavy atom. The average molecular weight is 535 g/mol. The molecule has 0 spiro atoms. The van der Waals surface area contributed by atoms with E-state index in [4.69, 9.17) is 0 Å². The van der Waals surface area contributed by atoms with Crippen LogP contribution >= 0.6 is 11.3 Å². The van der Waals surface area contributed by atoms with Crippen molar-refractivity contribution in [1.82, 2.24) is 14.1 Å². The lowest BCUT2D eigenvalue weighted by Crippen LogP contribution is -2.34. The first-order valence-corrected chi connectivity index (χ1v) is 15.0. The number of anilines is 1. The molecule has 0 fully saturated rings. The van der Waals surface area contributed by atoms with Crippen molar-refractivity contribution < 1.29 is 18.0 Å². The lowest BCUT2D eigenvalue weighted by Gasteiger charge is -2.26. The number of nitrogens with zero attached hydrogens (tertiary/aromatic N) is 3. The second-order valence-corrected chi connectivity index (χ2v) is 12.1. The lowest BCUT2D eigenvalue weighted by atomic mass is 10.0. The first-order valence-electron chi connectivity index (χ1n) is 12.7. The summed E-state index contributed by atoms with van der Waals surface area (Å²) in [6.45, 7) is 12.3. The topological polar surface area (TPSA) is 90.0 Å². The van der Waals surface area contributed by atoms with Crippen LogP contribution in [-0.4, -0.2) is 74.1 Å². The molecule has 2 aromatic rings. The third kappa shape index (κ3) is 5.99. The minimum absolute atomic E-state index is 0.0608. The molecule has 1 aliphatic heterocycles. The van der Waals surface area contributed by atoms with E-state index in [1.54, 1.807) is 11.9 Å². The molecule has 1 aliphatic rings. The van der Waals surface area contributed by atoms with Gasteiger partial charge in [-0.05, 0) is 63.1 Å². The molecule has 0 saturated carbocycles. The van der Waals surface area contributed by atoms with E-state index in [-0.39, 0.29) is 16.7 Å². The standard InChI is InChI=1S/C26H38N4O4S2/c1-6-10-16-28(5)36(33,34)20-13-11-19(12-14-20)24(31)27-25-23(26(32)30(8-3)9-4)21-15-17-29(7-2)18-22(21)35-25/h11-14H,6-10,15-18H2,1-5H3,(H,27,31). The van der Waals surface area contributed by atoms with Gasteiger partial charge in [0, 0.05) is 50.2 Å². The Kier molecular flexibility index (Phi) is 9.68. The van der Waals surface area contributed by atoms with Crippen molar-refractivity contribution in [2.75, 3.05) is 45.1 Å². The summed E-state index contributed by atoms with van der Waals surface area (Å²) in [7, 11) is -2.04. The van der Waals surface area contributed by atoms with Crippen molar-refractivity contribution in [3.8, 4) is 0 Å². The summed E-state index contributed by atoms with van der Waals surface area (Å²) < 4.78 is 26.9. The third-order valence-corrected chi connectivity index (χ3v) is 9.73.